The van der Waals surface area contributed by atoms with E-state index in [0.717, 1.165) is 43.1 Å². The first-order valence-electron chi connectivity index (χ1n) is 10.4. The van der Waals surface area contributed by atoms with Crippen LogP contribution in [0.1, 0.15) is 11.6 Å². The van der Waals surface area contributed by atoms with Crippen molar-refractivity contribution in [2.24, 2.45) is 0 Å². The zero-order valence-corrected chi connectivity index (χ0v) is 18.3. The van der Waals surface area contributed by atoms with Crippen LogP contribution in [0, 0.1) is 5.82 Å². The molecule has 1 aliphatic rings. The molecular formula is C23H30FN5O2. The predicted octanol–water partition coefficient (Wildman–Crippen LogP) is 1.62. The minimum absolute atomic E-state index is 0.0554. The summed E-state index contributed by atoms with van der Waals surface area (Å²) >= 11 is 0. The fourth-order valence-electron chi connectivity index (χ4n) is 3.78. The minimum Gasteiger partial charge on any atom is -0.378 e. The number of likely N-dealkylation sites (N-methyl/N-ethyl adjacent to an activating group) is 1. The molecule has 1 heterocycles. The molecule has 0 spiro atoms. The highest BCUT2D eigenvalue weighted by molar-refractivity contribution is 6.35. The van der Waals surface area contributed by atoms with Crippen LogP contribution in [0.3, 0.4) is 0 Å². The lowest BCUT2D eigenvalue weighted by atomic mass is 10.0. The van der Waals surface area contributed by atoms with Crippen molar-refractivity contribution in [1.82, 2.24) is 15.5 Å². The zero-order chi connectivity index (χ0) is 22.4. The monoisotopic (exact) mass is 427 g/mol. The summed E-state index contributed by atoms with van der Waals surface area (Å²) in [6.45, 7) is 3.49. The number of halogens is 1. The van der Waals surface area contributed by atoms with E-state index in [1.807, 2.05) is 19.0 Å². The van der Waals surface area contributed by atoms with Crippen molar-refractivity contribution in [2.75, 3.05) is 63.7 Å². The highest BCUT2D eigenvalue weighted by Gasteiger charge is 2.26. The maximum absolute atomic E-state index is 13.2. The van der Waals surface area contributed by atoms with Gasteiger partial charge in [-0.2, -0.15) is 0 Å². The molecule has 31 heavy (non-hydrogen) atoms. The van der Waals surface area contributed by atoms with Crippen LogP contribution in [0.2, 0.25) is 0 Å². The van der Waals surface area contributed by atoms with E-state index >= 15 is 0 Å². The second-order valence-corrected chi connectivity index (χ2v) is 7.79. The van der Waals surface area contributed by atoms with Gasteiger partial charge >= 0.3 is 11.8 Å². The van der Waals surface area contributed by atoms with Gasteiger partial charge < -0.3 is 20.4 Å². The normalized spacial score (nSPS) is 15.3. The Hall–Kier alpha value is -3.13. The average Bonchev–Trinajstić information content (AvgIpc) is 2.79. The topological polar surface area (TPSA) is 67.9 Å². The molecule has 0 bridgehead atoms. The van der Waals surface area contributed by atoms with Crippen LogP contribution in [0.15, 0.2) is 48.5 Å². The number of benzene rings is 2. The Labute approximate surface area is 182 Å². The molecular weight excluding hydrogens is 397 g/mol. The highest BCUT2D eigenvalue weighted by atomic mass is 19.1. The zero-order valence-electron chi connectivity index (χ0n) is 18.3. The Morgan fingerprint density at radius 2 is 1.58 bits per heavy atom. The number of nitrogens with zero attached hydrogens (tertiary/aromatic N) is 3. The van der Waals surface area contributed by atoms with Crippen LogP contribution in [0.25, 0.3) is 0 Å². The van der Waals surface area contributed by atoms with Gasteiger partial charge in [0.25, 0.3) is 0 Å². The number of piperazine rings is 1. The maximum atomic E-state index is 13.2. The lowest BCUT2D eigenvalue weighted by Gasteiger charge is -2.40. The minimum atomic E-state index is -0.650. The fraction of sp³-hybridized carbons (Fsp3) is 0.391. The first-order valence-corrected chi connectivity index (χ1v) is 10.4. The van der Waals surface area contributed by atoms with Crippen molar-refractivity contribution in [2.45, 2.75) is 6.04 Å². The largest absolute Gasteiger partial charge is 0.378 e. The fourth-order valence-corrected chi connectivity index (χ4v) is 3.78. The number of anilines is 2. The summed E-state index contributed by atoms with van der Waals surface area (Å²) in [5, 5.41) is 5.11. The molecule has 2 aromatic rings. The number of nitrogens with one attached hydrogen (secondary N) is 2. The van der Waals surface area contributed by atoms with E-state index < -0.39 is 11.8 Å². The van der Waals surface area contributed by atoms with E-state index in [4.69, 9.17) is 0 Å². The molecule has 0 radical (unpaired) electrons. The molecule has 1 saturated heterocycles. The summed E-state index contributed by atoms with van der Waals surface area (Å²) in [4.78, 5) is 30.2. The van der Waals surface area contributed by atoms with E-state index in [9.17, 15) is 14.0 Å². The van der Waals surface area contributed by atoms with Gasteiger partial charge in [-0.05, 0) is 42.0 Å². The van der Waals surface area contributed by atoms with Crippen LogP contribution in [-0.4, -0.2) is 70.6 Å². The number of hydrogen-bond donors (Lipinski definition) is 2. The van der Waals surface area contributed by atoms with E-state index in [0.29, 0.717) is 6.54 Å². The van der Waals surface area contributed by atoms with Gasteiger partial charge in [-0.15, -0.1) is 0 Å². The molecule has 2 amide bonds. The van der Waals surface area contributed by atoms with E-state index in [1.54, 1.807) is 12.1 Å². The van der Waals surface area contributed by atoms with Crippen molar-refractivity contribution in [3.63, 3.8) is 0 Å². The number of amides is 2. The van der Waals surface area contributed by atoms with E-state index in [2.05, 4.69) is 44.7 Å². The van der Waals surface area contributed by atoms with Gasteiger partial charge in [-0.3, -0.25) is 14.5 Å². The SMILES string of the molecule is CNC(=O)C(=O)NC[C@@H](c1ccc(N(C)C)cc1)N1CCN(c2ccc(F)cc2)CC1. The van der Waals surface area contributed by atoms with Crippen molar-refractivity contribution >= 4 is 23.2 Å². The molecule has 0 aliphatic carbocycles. The van der Waals surface area contributed by atoms with Crippen molar-refractivity contribution < 1.29 is 14.0 Å². The third-order valence-electron chi connectivity index (χ3n) is 5.63. The molecule has 0 aromatic heterocycles. The summed E-state index contributed by atoms with van der Waals surface area (Å²) in [6, 6.07) is 14.7. The molecule has 3 rings (SSSR count). The third kappa shape index (κ3) is 5.73. The van der Waals surface area contributed by atoms with E-state index in [-0.39, 0.29) is 11.9 Å². The predicted molar refractivity (Wildman–Crippen MR) is 121 cm³/mol. The molecule has 166 valence electrons. The maximum Gasteiger partial charge on any atom is 0.309 e. The molecule has 7 nitrogen and oxygen atoms in total. The summed E-state index contributed by atoms with van der Waals surface area (Å²) in [6.07, 6.45) is 0. The van der Waals surface area contributed by atoms with Crippen LogP contribution in [0.4, 0.5) is 15.8 Å². The van der Waals surface area contributed by atoms with Gasteiger partial charge in [0.05, 0.1) is 6.04 Å². The second kappa shape index (κ2) is 10.3. The highest BCUT2D eigenvalue weighted by Crippen LogP contribution is 2.26. The van der Waals surface area contributed by atoms with Gasteiger partial charge in [-0.1, -0.05) is 12.1 Å². The molecule has 0 saturated carbocycles. The molecule has 1 atom stereocenters. The van der Waals surface area contributed by atoms with Gasteiger partial charge in [0.2, 0.25) is 0 Å². The second-order valence-electron chi connectivity index (χ2n) is 7.79. The van der Waals surface area contributed by atoms with Gasteiger partial charge in [0.1, 0.15) is 5.82 Å². The third-order valence-corrected chi connectivity index (χ3v) is 5.63. The van der Waals surface area contributed by atoms with Crippen LogP contribution in [0.5, 0.6) is 0 Å². The Morgan fingerprint density at radius 1 is 0.968 bits per heavy atom. The van der Waals surface area contributed by atoms with Gasteiger partial charge in [0.15, 0.2) is 0 Å². The number of carbonyl (C=O) groups excluding carboxylic acids is 2. The van der Waals surface area contributed by atoms with Crippen molar-refractivity contribution in [1.29, 1.82) is 0 Å². The number of carbonyl (C=O) groups is 2. The smallest absolute Gasteiger partial charge is 0.309 e. The van der Waals surface area contributed by atoms with E-state index in [1.165, 1.54) is 19.2 Å². The lowest BCUT2D eigenvalue weighted by molar-refractivity contribution is -0.139. The Balaban J connectivity index is 1.72. The lowest BCUT2D eigenvalue weighted by Crippen LogP contribution is -2.50. The Kier molecular flexibility index (Phi) is 7.46. The Bertz CT molecular complexity index is 878. The quantitative estimate of drug-likeness (QED) is 0.686. The van der Waals surface area contributed by atoms with Crippen LogP contribution in [-0.2, 0) is 9.59 Å². The number of hydrogen-bond acceptors (Lipinski definition) is 5. The molecule has 8 heteroatoms. The first-order chi connectivity index (χ1) is 14.9. The van der Waals surface area contributed by atoms with Crippen LogP contribution < -0.4 is 20.4 Å². The molecule has 2 N–H and O–H groups in total. The summed E-state index contributed by atoms with van der Waals surface area (Å²) in [7, 11) is 5.42. The summed E-state index contributed by atoms with van der Waals surface area (Å²) < 4.78 is 13.2. The van der Waals surface area contributed by atoms with Gasteiger partial charge in [0, 0.05) is 65.2 Å². The summed E-state index contributed by atoms with van der Waals surface area (Å²) in [5.74, 6) is -1.53. The summed E-state index contributed by atoms with van der Waals surface area (Å²) in [5.41, 5.74) is 3.18. The average molecular weight is 428 g/mol. The van der Waals surface area contributed by atoms with Crippen molar-refractivity contribution in [3.8, 4) is 0 Å². The molecule has 1 aliphatic heterocycles. The van der Waals surface area contributed by atoms with Crippen LogP contribution >= 0.6 is 0 Å². The molecule has 1 fully saturated rings. The van der Waals surface area contributed by atoms with Gasteiger partial charge in [-0.25, -0.2) is 4.39 Å². The standard InChI is InChI=1S/C23H30FN5O2/c1-25-22(30)23(31)26-16-21(17-4-8-19(9-5-17)27(2)3)29-14-12-28(13-15-29)20-10-6-18(24)7-11-20/h4-11,21H,12-16H2,1-3H3,(H,25,30)(H,26,31)/t21-/m0/s1. The van der Waals surface area contributed by atoms with Crippen molar-refractivity contribution in [3.05, 3.63) is 59.9 Å². The number of rotatable bonds is 6. The molecule has 0 unspecified atom stereocenters. The Morgan fingerprint density at radius 3 is 2.13 bits per heavy atom. The molecule has 2 aromatic carbocycles. The first kappa shape index (κ1) is 22.6.